The molecule has 3 heteroatoms. The summed E-state index contributed by atoms with van der Waals surface area (Å²) in [4.78, 5) is 4.51. The van der Waals surface area contributed by atoms with E-state index in [1.807, 2.05) is 19.9 Å². The van der Waals surface area contributed by atoms with Gasteiger partial charge in [-0.05, 0) is 50.0 Å². The number of rotatable bonds is 2. The van der Waals surface area contributed by atoms with Crippen LogP contribution in [0.25, 0.3) is 16.5 Å². The monoisotopic (exact) mass is 312 g/mol. The number of benzene rings is 1. The highest BCUT2D eigenvalue weighted by Gasteiger charge is 2.30. The van der Waals surface area contributed by atoms with Crippen LogP contribution in [0, 0.1) is 6.92 Å². The van der Waals surface area contributed by atoms with Crippen LogP contribution in [0.1, 0.15) is 43.1 Å². The molecule has 1 aliphatic rings. The molecule has 1 aromatic heterocycles. The van der Waals surface area contributed by atoms with Crippen molar-refractivity contribution in [1.82, 2.24) is 4.98 Å². The van der Waals surface area contributed by atoms with E-state index in [0.717, 1.165) is 34.2 Å². The highest BCUT2D eigenvalue weighted by atomic mass is 35.5. The molecule has 0 radical (unpaired) electrons. The molecule has 0 spiro atoms. The van der Waals surface area contributed by atoms with Crippen LogP contribution < -0.4 is 5.73 Å². The van der Waals surface area contributed by atoms with Gasteiger partial charge in [0.05, 0.1) is 16.1 Å². The Bertz CT molecular complexity index is 785. The minimum absolute atomic E-state index is 0.0910. The zero-order chi connectivity index (χ0) is 15.9. The fraction of sp³-hybridized carbons (Fsp3) is 0.316. The van der Waals surface area contributed by atoms with E-state index in [4.69, 9.17) is 22.3 Å². The Kier molecular flexibility index (Phi) is 3.84. The zero-order valence-electron chi connectivity index (χ0n) is 13.2. The van der Waals surface area contributed by atoms with Crippen molar-refractivity contribution in [2.45, 2.75) is 38.1 Å². The highest BCUT2D eigenvalue weighted by molar-refractivity contribution is 6.30. The topological polar surface area (TPSA) is 38.9 Å². The van der Waals surface area contributed by atoms with E-state index in [-0.39, 0.29) is 6.04 Å². The van der Waals surface area contributed by atoms with E-state index in [1.165, 1.54) is 5.56 Å². The molecule has 2 N–H and O–H groups in total. The van der Waals surface area contributed by atoms with E-state index in [9.17, 15) is 0 Å². The first kappa shape index (κ1) is 15.3. The van der Waals surface area contributed by atoms with Crippen molar-refractivity contribution < 1.29 is 0 Å². The SMILES string of the molecule is Cc1cccc2cc(C(C)N)c(C3=CC=CCC3(C)Cl)nc12. The van der Waals surface area contributed by atoms with Crippen LogP contribution in [-0.2, 0) is 0 Å². The van der Waals surface area contributed by atoms with Gasteiger partial charge in [0, 0.05) is 11.4 Å². The van der Waals surface area contributed by atoms with Gasteiger partial charge in [-0.15, -0.1) is 11.6 Å². The van der Waals surface area contributed by atoms with Crippen molar-refractivity contribution in [2.75, 3.05) is 0 Å². The lowest BCUT2D eigenvalue weighted by Crippen LogP contribution is -2.22. The fourth-order valence-corrected chi connectivity index (χ4v) is 3.23. The Morgan fingerprint density at radius 1 is 1.36 bits per heavy atom. The summed E-state index contributed by atoms with van der Waals surface area (Å²) in [6.07, 6.45) is 7.00. The lowest BCUT2D eigenvalue weighted by molar-refractivity contribution is 0.776. The van der Waals surface area contributed by atoms with Gasteiger partial charge in [0.2, 0.25) is 0 Å². The molecule has 2 atom stereocenters. The maximum absolute atomic E-state index is 6.74. The van der Waals surface area contributed by atoms with E-state index < -0.39 is 4.87 Å². The predicted octanol–water partition coefficient (Wildman–Crippen LogP) is 4.90. The average molecular weight is 313 g/mol. The number of hydrogen-bond acceptors (Lipinski definition) is 2. The molecule has 2 unspecified atom stereocenters. The first-order valence-electron chi connectivity index (χ1n) is 7.62. The van der Waals surface area contributed by atoms with Gasteiger partial charge < -0.3 is 5.73 Å². The standard InChI is InChI=1S/C19H21ClN2/c1-12-7-6-8-14-11-15(13(2)21)18(22-17(12)14)16-9-4-5-10-19(16,3)20/h4-9,11,13H,10,21H2,1-3H3. The van der Waals surface area contributed by atoms with Crippen LogP contribution in [0.5, 0.6) is 0 Å². The van der Waals surface area contributed by atoms with Gasteiger partial charge >= 0.3 is 0 Å². The van der Waals surface area contributed by atoms with Crippen molar-refractivity contribution in [3.63, 3.8) is 0 Å². The Labute approximate surface area is 136 Å². The minimum Gasteiger partial charge on any atom is -0.324 e. The summed E-state index contributed by atoms with van der Waals surface area (Å²) >= 11 is 6.74. The number of allylic oxidation sites excluding steroid dienone is 4. The summed E-state index contributed by atoms with van der Waals surface area (Å²) in [7, 11) is 0. The molecule has 22 heavy (non-hydrogen) atoms. The van der Waals surface area contributed by atoms with Gasteiger partial charge in [-0.2, -0.15) is 0 Å². The molecule has 1 aliphatic carbocycles. The van der Waals surface area contributed by atoms with Crippen LogP contribution in [0.2, 0.25) is 0 Å². The van der Waals surface area contributed by atoms with Crippen molar-refractivity contribution in [1.29, 1.82) is 0 Å². The maximum atomic E-state index is 6.74. The highest BCUT2D eigenvalue weighted by Crippen LogP contribution is 2.40. The van der Waals surface area contributed by atoms with Gasteiger partial charge in [-0.1, -0.05) is 36.4 Å². The molecule has 0 fully saturated rings. The molecule has 0 aliphatic heterocycles. The van der Waals surface area contributed by atoms with Crippen LogP contribution in [0.15, 0.2) is 42.5 Å². The zero-order valence-corrected chi connectivity index (χ0v) is 14.0. The number of nitrogens with two attached hydrogens (primary N) is 1. The summed E-state index contributed by atoms with van der Waals surface area (Å²) in [5, 5.41) is 1.12. The third-order valence-corrected chi connectivity index (χ3v) is 4.64. The number of alkyl halides is 1. The Balaban J connectivity index is 2.32. The van der Waals surface area contributed by atoms with E-state index >= 15 is 0 Å². The van der Waals surface area contributed by atoms with E-state index in [2.05, 4.69) is 43.3 Å². The second-order valence-electron chi connectivity index (χ2n) is 6.27. The largest absolute Gasteiger partial charge is 0.324 e. The first-order valence-corrected chi connectivity index (χ1v) is 8.00. The predicted molar refractivity (Wildman–Crippen MR) is 95.1 cm³/mol. The molecule has 1 heterocycles. The van der Waals surface area contributed by atoms with E-state index in [0.29, 0.717) is 0 Å². The number of fused-ring (bicyclic) bond motifs is 1. The van der Waals surface area contributed by atoms with Crippen molar-refractivity contribution in [2.24, 2.45) is 5.73 Å². The van der Waals surface area contributed by atoms with E-state index in [1.54, 1.807) is 0 Å². The number of pyridine rings is 1. The van der Waals surface area contributed by atoms with Crippen LogP contribution >= 0.6 is 11.6 Å². The van der Waals surface area contributed by atoms with Crippen LogP contribution in [0.3, 0.4) is 0 Å². The van der Waals surface area contributed by atoms with Crippen LogP contribution in [0.4, 0.5) is 0 Å². The summed E-state index contributed by atoms with van der Waals surface area (Å²) in [6, 6.07) is 8.28. The summed E-state index contributed by atoms with van der Waals surface area (Å²) in [5.74, 6) is 0. The molecule has 0 saturated heterocycles. The lowest BCUT2D eigenvalue weighted by Gasteiger charge is -2.28. The minimum atomic E-state index is -0.443. The number of para-hydroxylation sites is 1. The molecule has 1 aromatic carbocycles. The number of nitrogens with zero attached hydrogens (tertiary/aromatic N) is 1. The molecule has 0 bridgehead atoms. The number of aryl methyl sites for hydroxylation is 1. The molecule has 3 rings (SSSR count). The first-order chi connectivity index (χ1) is 10.4. The third-order valence-electron chi connectivity index (χ3n) is 4.28. The second kappa shape index (κ2) is 5.53. The van der Waals surface area contributed by atoms with Gasteiger partial charge in [-0.3, -0.25) is 0 Å². The Morgan fingerprint density at radius 2 is 2.14 bits per heavy atom. The van der Waals surface area contributed by atoms with Gasteiger partial charge in [0.15, 0.2) is 0 Å². The molecular formula is C19H21ClN2. The summed E-state index contributed by atoms with van der Waals surface area (Å²) < 4.78 is 0. The van der Waals surface area contributed by atoms with Gasteiger partial charge in [0.25, 0.3) is 0 Å². The second-order valence-corrected chi connectivity index (χ2v) is 7.11. The van der Waals surface area contributed by atoms with Crippen molar-refractivity contribution in [3.05, 3.63) is 59.3 Å². The molecule has 2 aromatic rings. The summed E-state index contributed by atoms with van der Waals surface area (Å²) in [5.41, 5.74) is 11.4. The van der Waals surface area contributed by atoms with Crippen molar-refractivity contribution in [3.8, 4) is 0 Å². The molecule has 114 valence electrons. The Morgan fingerprint density at radius 3 is 2.82 bits per heavy atom. The third kappa shape index (κ3) is 2.57. The number of aromatic nitrogens is 1. The van der Waals surface area contributed by atoms with Gasteiger partial charge in [-0.25, -0.2) is 4.98 Å². The number of hydrogen-bond donors (Lipinski definition) is 1. The average Bonchev–Trinajstić information content (AvgIpc) is 2.46. The smallest absolute Gasteiger partial charge is 0.0738 e. The normalized spacial score (nSPS) is 22.7. The quantitative estimate of drug-likeness (QED) is 0.801. The van der Waals surface area contributed by atoms with Crippen molar-refractivity contribution >= 4 is 28.1 Å². The number of halogens is 1. The maximum Gasteiger partial charge on any atom is 0.0738 e. The summed E-state index contributed by atoms with van der Waals surface area (Å²) in [6.45, 7) is 6.12. The molecule has 2 nitrogen and oxygen atoms in total. The molecule has 0 saturated carbocycles. The lowest BCUT2D eigenvalue weighted by atomic mass is 9.86. The van der Waals surface area contributed by atoms with Crippen LogP contribution in [-0.4, -0.2) is 9.86 Å². The Hall–Kier alpha value is -1.64. The fourth-order valence-electron chi connectivity index (χ4n) is 2.99. The molecule has 0 amide bonds. The van der Waals surface area contributed by atoms with Gasteiger partial charge in [0.1, 0.15) is 0 Å². The molecular weight excluding hydrogens is 292 g/mol.